The minimum atomic E-state index is -4.59. The van der Waals surface area contributed by atoms with Crippen molar-refractivity contribution in [2.45, 2.75) is 25.6 Å². The summed E-state index contributed by atoms with van der Waals surface area (Å²) in [4.78, 5) is 25.2. The lowest BCUT2D eigenvalue weighted by molar-refractivity contribution is -0.137. The van der Waals surface area contributed by atoms with Crippen molar-refractivity contribution in [3.8, 4) is 11.8 Å². The quantitative estimate of drug-likeness (QED) is 0.405. The minimum Gasteiger partial charge on any atom is -0.366 e. The van der Waals surface area contributed by atoms with Gasteiger partial charge in [0, 0.05) is 22.2 Å². The van der Waals surface area contributed by atoms with Crippen molar-refractivity contribution in [3.05, 3.63) is 105 Å². The van der Waals surface area contributed by atoms with E-state index >= 15 is 0 Å². The Hall–Kier alpha value is -4.42. The van der Waals surface area contributed by atoms with E-state index in [9.17, 15) is 27.9 Å². The zero-order chi connectivity index (χ0) is 26.1. The summed E-state index contributed by atoms with van der Waals surface area (Å²) in [6.45, 7) is 3.50. The molecule has 2 N–H and O–H groups in total. The number of nitrogens with zero attached hydrogens (tertiary/aromatic N) is 1. The Bertz CT molecular complexity index is 1560. The first kappa shape index (κ1) is 24.7. The highest BCUT2D eigenvalue weighted by atomic mass is 19.4. The molecule has 0 spiro atoms. The molecule has 0 saturated heterocycles. The number of aliphatic hydroxyl groups is 1. The van der Waals surface area contributed by atoms with Crippen molar-refractivity contribution in [2.24, 2.45) is 0 Å². The summed E-state index contributed by atoms with van der Waals surface area (Å²) < 4.78 is 43.8. The van der Waals surface area contributed by atoms with Gasteiger partial charge >= 0.3 is 11.8 Å². The third kappa shape index (κ3) is 4.99. The van der Waals surface area contributed by atoms with Crippen molar-refractivity contribution in [3.63, 3.8) is 0 Å². The second-order valence-electron chi connectivity index (χ2n) is 8.17. The third-order valence-corrected chi connectivity index (χ3v) is 5.55. The van der Waals surface area contributed by atoms with E-state index in [0.29, 0.717) is 16.6 Å². The molecule has 1 amide bonds. The molecule has 4 aromatic rings. The SMILES string of the molecule is Cc1ccc(C#CC(O)(C(=O)Nc2ccc3c(=O)onc(C)c3c2)c2ccc(C(F)(F)F)cc2)cc1. The smallest absolute Gasteiger partial charge is 0.366 e. The number of amides is 1. The van der Waals surface area contributed by atoms with Crippen molar-refractivity contribution >= 4 is 22.4 Å². The lowest BCUT2D eigenvalue weighted by Crippen LogP contribution is -2.39. The number of anilines is 1. The van der Waals surface area contributed by atoms with E-state index in [-0.39, 0.29) is 16.6 Å². The molecule has 0 bridgehead atoms. The maximum atomic E-state index is 13.3. The third-order valence-electron chi connectivity index (χ3n) is 5.55. The fourth-order valence-corrected chi connectivity index (χ4v) is 3.49. The summed E-state index contributed by atoms with van der Waals surface area (Å²) in [7, 11) is 0. The van der Waals surface area contributed by atoms with Gasteiger partial charge in [0.25, 0.3) is 5.91 Å². The molecular formula is C27H19F3N2O4. The van der Waals surface area contributed by atoms with Crippen LogP contribution in [0.25, 0.3) is 10.8 Å². The van der Waals surface area contributed by atoms with Crippen LogP contribution in [0.2, 0.25) is 0 Å². The first-order valence-corrected chi connectivity index (χ1v) is 10.7. The lowest BCUT2D eigenvalue weighted by atomic mass is 9.91. The van der Waals surface area contributed by atoms with E-state index in [4.69, 9.17) is 0 Å². The molecule has 0 aliphatic rings. The van der Waals surface area contributed by atoms with Crippen molar-refractivity contribution < 1.29 is 27.6 Å². The summed E-state index contributed by atoms with van der Waals surface area (Å²) in [5.74, 6) is 4.25. The number of rotatable bonds is 3. The Labute approximate surface area is 203 Å². The molecule has 0 aliphatic carbocycles. The lowest BCUT2D eigenvalue weighted by Gasteiger charge is -2.22. The zero-order valence-corrected chi connectivity index (χ0v) is 19.1. The Morgan fingerprint density at radius 2 is 1.58 bits per heavy atom. The van der Waals surface area contributed by atoms with E-state index in [2.05, 4.69) is 26.8 Å². The van der Waals surface area contributed by atoms with Crippen LogP contribution in [-0.2, 0) is 16.6 Å². The molecular weight excluding hydrogens is 473 g/mol. The second-order valence-corrected chi connectivity index (χ2v) is 8.17. The standard InChI is InChI=1S/C27H19F3N2O4/c1-16-3-5-18(6-4-16)13-14-26(35,19-7-9-20(10-8-19)27(28,29)30)25(34)31-21-11-12-22-23(15-21)17(2)32-36-24(22)33/h3-12,15,35H,1-2H3,(H,31,34). The zero-order valence-electron chi connectivity index (χ0n) is 19.1. The fourth-order valence-electron chi connectivity index (χ4n) is 3.49. The number of aryl methyl sites for hydroxylation is 2. The van der Waals surface area contributed by atoms with Crippen molar-refractivity contribution in [2.75, 3.05) is 5.32 Å². The van der Waals surface area contributed by atoms with Gasteiger partial charge in [0.2, 0.25) is 5.60 Å². The number of carbonyl (C=O) groups is 1. The number of hydrogen-bond donors (Lipinski definition) is 2. The van der Waals surface area contributed by atoms with Gasteiger partial charge in [-0.25, -0.2) is 4.79 Å². The maximum absolute atomic E-state index is 13.3. The average Bonchev–Trinajstić information content (AvgIpc) is 2.85. The summed E-state index contributed by atoms with van der Waals surface area (Å²) in [5, 5.41) is 18.3. The Kier molecular flexibility index (Phi) is 6.39. The first-order valence-electron chi connectivity index (χ1n) is 10.7. The van der Waals surface area contributed by atoms with Gasteiger partial charge in [0.15, 0.2) is 0 Å². The van der Waals surface area contributed by atoms with E-state index in [1.807, 2.05) is 6.92 Å². The van der Waals surface area contributed by atoms with Gasteiger partial charge in [-0.3, -0.25) is 4.79 Å². The second kappa shape index (κ2) is 9.32. The highest BCUT2D eigenvalue weighted by Crippen LogP contribution is 2.32. The molecule has 0 radical (unpaired) electrons. The maximum Gasteiger partial charge on any atom is 0.416 e. The summed E-state index contributed by atoms with van der Waals surface area (Å²) >= 11 is 0. The number of alkyl halides is 3. The molecule has 4 rings (SSSR count). The summed E-state index contributed by atoms with van der Waals surface area (Å²) in [6.07, 6.45) is -4.59. The van der Waals surface area contributed by atoms with Gasteiger partial charge < -0.3 is 14.9 Å². The number of fused-ring (bicyclic) bond motifs is 1. The Morgan fingerprint density at radius 1 is 0.944 bits per heavy atom. The van der Waals surface area contributed by atoms with Crippen LogP contribution in [0, 0.1) is 25.7 Å². The van der Waals surface area contributed by atoms with Crippen LogP contribution in [0.4, 0.5) is 18.9 Å². The van der Waals surface area contributed by atoms with Crippen molar-refractivity contribution in [1.82, 2.24) is 5.16 Å². The average molecular weight is 492 g/mol. The highest BCUT2D eigenvalue weighted by Gasteiger charge is 2.38. The first-order chi connectivity index (χ1) is 17.0. The van der Waals surface area contributed by atoms with Crippen LogP contribution in [0.5, 0.6) is 0 Å². The molecule has 0 fully saturated rings. The van der Waals surface area contributed by atoms with Crippen LogP contribution >= 0.6 is 0 Å². The Morgan fingerprint density at radius 3 is 2.22 bits per heavy atom. The molecule has 182 valence electrons. The molecule has 6 nitrogen and oxygen atoms in total. The molecule has 0 saturated carbocycles. The van der Waals surface area contributed by atoms with Crippen LogP contribution < -0.4 is 10.9 Å². The topological polar surface area (TPSA) is 92.4 Å². The molecule has 9 heteroatoms. The largest absolute Gasteiger partial charge is 0.416 e. The molecule has 0 aliphatic heterocycles. The fraction of sp³-hybridized carbons (Fsp3) is 0.148. The van der Waals surface area contributed by atoms with E-state index in [1.54, 1.807) is 31.2 Å². The van der Waals surface area contributed by atoms with Gasteiger partial charge in [-0.2, -0.15) is 13.2 Å². The number of halogens is 3. The summed E-state index contributed by atoms with van der Waals surface area (Å²) in [5.41, 5.74) is -2.14. The molecule has 3 aromatic carbocycles. The molecule has 1 heterocycles. The molecule has 1 aromatic heterocycles. The van der Waals surface area contributed by atoms with E-state index in [0.717, 1.165) is 29.8 Å². The minimum absolute atomic E-state index is 0.146. The number of nitrogens with one attached hydrogen (secondary N) is 1. The van der Waals surface area contributed by atoms with E-state index in [1.165, 1.54) is 18.2 Å². The van der Waals surface area contributed by atoms with Gasteiger partial charge in [-0.05, 0) is 62.2 Å². The molecule has 36 heavy (non-hydrogen) atoms. The molecule has 1 unspecified atom stereocenters. The van der Waals surface area contributed by atoms with Gasteiger partial charge in [0.1, 0.15) is 0 Å². The van der Waals surface area contributed by atoms with Crippen LogP contribution in [0.15, 0.2) is 76.0 Å². The van der Waals surface area contributed by atoms with Crippen LogP contribution in [0.3, 0.4) is 0 Å². The van der Waals surface area contributed by atoms with Gasteiger partial charge in [0.05, 0.1) is 16.6 Å². The predicted molar refractivity (Wildman–Crippen MR) is 127 cm³/mol. The predicted octanol–water partition coefficient (Wildman–Crippen LogP) is 4.70. The highest BCUT2D eigenvalue weighted by molar-refractivity contribution is 6.01. The van der Waals surface area contributed by atoms with Gasteiger partial charge in [-0.15, -0.1) is 0 Å². The van der Waals surface area contributed by atoms with Crippen molar-refractivity contribution in [1.29, 1.82) is 0 Å². The number of carbonyl (C=O) groups excluding carboxylic acids is 1. The monoisotopic (exact) mass is 492 g/mol. The van der Waals surface area contributed by atoms with Gasteiger partial charge in [-0.1, -0.05) is 40.9 Å². The number of aromatic nitrogens is 1. The van der Waals surface area contributed by atoms with Crippen LogP contribution in [-0.4, -0.2) is 16.2 Å². The Balaban J connectivity index is 1.75. The van der Waals surface area contributed by atoms with Crippen LogP contribution in [0.1, 0.15) is 27.9 Å². The number of benzene rings is 3. The van der Waals surface area contributed by atoms with E-state index < -0.39 is 28.9 Å². The summed E-state index contributed by atoms with van der Waals surface area (Å²) in [6, 6.07) is 14.9. The molecule has 1 atom stereocenters. The number of hydrogen-bond acceptors (Lipinski definition) is 5. The normalized spacial score (nSPS) is 12.9.